The van der Waals surface area contributed by atoms with Gasteiger partial charge in [-0.15, -0.1) is 0 Å². The first kappa shape index (κ1) is 20.2. The third-order valence-corrected chi connectivity index (χ3v) is 4.58. The van der Waals surface area contributed by atoms with Crippen molar-refractivity contribution < 1.29 is 18.3 Å². The molecule has 3 rings (SSSR count). The summed E-state index contributed by atoms with van der Waals surface area (Å²) >= 11 is 6.05. The molecule has 28 heavy (non-hydrogen) atoms. The molecule has 0 unspecified atom stereocenters. The molecule has 0 radical (unpaired) electrons. The monoisotopic (exact) mass is 407 g/mol. The number of rotatable bonds is 4. The van der Waals surface area contributed by atoms with Crippen molar-refractivity contribution >= 4 is 29.2 Å². The van der Waals surface area contributed by atoms with Crippen molar-refractivity contribution in [3.05, 3.63) is 64.2 Å². The predicted molar refractivity (Wildman–Crippen MR) is 105 cm³/mol. The standard InChI is InChI=1S/C20H20ClF2N3O2/c1-12-4-6-14(21)10-18(12)25-20(24-11-15-3-2-8-28-15)26-19(27)13-5-7-16(22)17(23)9-13/h4-7,9-10,15H,2-3,8,11H2,1H3,(H2,24,25,26,27)/t15-/m1/s1. The van der Waals surface area contributed by atoms with E-state index >= 15 is 0 Å². The molecule has 2 aromatic carbocycles. The summed E-state index contributed by atoms with van der Waals surface area (Å²) in [7, 11) is 0. The fourth-order valence-corrected chi connectivity index (χ4v) is 2.94. The molecule has 2 aromatic rings. The molecule has 0 bridgehead atoms. The average molecular weight is 408 g/mol. The third kappa shape index (κ3) is 5.27. The molecule has 1 aliphatic heterocycles. The van der Waals surface area contributed by atoms with E-state index in [0.29, 0.717) is 23.9 Å². The molecule has 0 aromatic heterocycles. The zero-order valence-corrected chi connectivity index (χ0v) is 16.0. The van der Waals surface area contributed by atoms with Crippen molar-refractivity contribution in [3.8, 4) is 0 Å². The molecule has 5 nitrogen and oxygen atoms in total. The maximum Gasteiger partial charge on any atom is 0.258 e. The molecule has 1 aliphatic rings. The number of benzene rings is 2. The summed E-state index contributed by atoms with van der Waals surface area (Å²) in [6, 6.07) is 8.25. The van der Waals surface area contributed by atoms with E-state index in [1.54, 1.807) is 12.1 Å². The molecule has 148 valence electrons. The topological polar surface area (TPSA) is 62.7 Å². The van der Waals surface area contributed by atoms with Gasteiger partial charge in [0.1, 0.15) is 0 Å². The number of aryl methyl sites for hydroxylation is 1. The zero-order chi connectivity index (χ0) is 20.1. The van der Waals surface area contributed by atoms with Crippen LogP contribution < -0.4 is 10.6 Å². The molecule has 2 N–H and O–H groups in total. The van der Waals surface area contributed by atoms with E-state index in [9.17, 15) is 13.6 Å². The minimum Gasteiger partial charge on any atom is -0.376 e. The normalized spacial score (nSPS) is 16.9. The van der Waals surface area contributed by atoms with Crippen LogP contribution in [0.4, 0.5) is 14.5 Å². The van der Waals surface area contributed by atoms with Gasteiger partial charge in [-0.1, -0.05) is 17.7 Å². The number of ether oxygens (including phenoxy) is 1. The number of halogens is 3. The Morgan fingerprint density at radius 3 is 2.79 bits per heavy atom. The van der Waals surface area contributed by atoms with Crippen LogP contribution in [0, 0.1) is 18.6 Å². The number of amides is 1. The van der Waals surface area contributed by atoms with Crippen LogP contribution >= 0.6 is 11.6 Å². The zero-order valence-electron chi connectivity index (χ0n) is 15.3. The predicted octanol–water partition coefficient (Wildman–Crippen LogP) is 4.30. The van der Waals surface area contributed by atoms with Crippen LogP contribution in [0.3, 0.4) is 0 Å². The van der Waals surface area contributed by atoms with Gasteiger partial charge >= 0.3 is 0 Å². The SMILES string of the molecule is Cc1ccc(Cl)cc1NC(=NC[C@H]1CCCO1)NC(=O)c1ccc(F)c(F)c1. The molecular weight excluding hydrogens is 388 g/mol. The first-order valence-corrected chi connectivity index (χ1v) is 9.26. The smallest absolute Gasteiger partial charge is 0.258 e. The van der Waals surface area contributed by atoms with Crippen molar-refractivity contribution in [3.63, 3.8) is 0 Å². The van der Waals surface area contributed by atoms with Crippen LogP contribution in [-0.4, -0.2) is 31.1 Å². The first-order chi connectivity index (χ1) is 13.4. The molecule has 1 heterocycles. The van der Waals surface area contributed by atoms with E-state index in [4.69, 9.17) is 16.3 Å². The molecule has 1 atom stereocenters. The second-order valence-corrected chi connectivity index (χ2v) is 6.93. The minimum atomic E-state index is -1.09. The maximum atomic E-state index is 13.4. The highest BCUT2D eigenvalue weighted by Crippen LogP contribution is 2.20. The van der Waals surface area contributed by atoms with Gasteiger partial charge in [-0.3, -0.25) is 10.1 Å². The van der Waals surface area contributed by atoms with E-state index in [1.165, 1.54) is 6.07 Å². The first-order valence-electron chi connectivity index (χ1n) is 8.88. The van der Waals surface area contributed by atoms with Crippen molar-refractivity contribution in [2.24, 2.45) is 4.99 Å². The summed E-state index contributed by atoms with van der Waals surface area (Å²) < 4.78 is 32.1. The van der Waals surface area contributed by atoms with Crippen molar-refractivity contribution in [2.75, 3.05) is 18.5 Å². The molecule has 0 aliphatic carbocycles. The summed E-state index contributed by atoms with van der Waals surface area (Å²) in [5.41, 5.74) is 1.55. The quantitative estimate of drug-likeness (QED) is 0.586. The summed E-state index contributed by atoms with van der Waals surface area (Å²) in [5.74, 6) is -2.55. The number of aliphatic imine (C=N–C) groups is 1. The van der Waals surface area contributed by atoms with Crippen molar-refractivity contribution in [1.82, 2.24) is 5.32 Å². The summed E-state index contributed by atoms with van der Waals surface area (Å²) in [6.45, 7) is 2.94. The third-order valence-electron chi connectivity index (χ3n) is 4.34. The summed E-state index contributed by atoms with van der Waals surface area (Å²) in [6.07, 6.45) is 1.85. The van der Waals surface area contributed by atoms with Crippen LogP contribution in [0.5, 0.6) is 0 Å². The van der Waals surface area contributed by atoms with E-state index in [1.807, 2.05) is 13.0 Å². The lowest BCUT2D eigenvalue weighted by atomic mass is 10.2. The molecule has 0 spiro atoms. The fourth-order valence-electron chi connectivity index (χ4n) is 2.77. The Hall–Kier alpha value is -2.51. The van der Waals surface area contributed by atoms with E-state index < -0.39 is 17.5 Å². The van der Waals surface area contributed by atoms with Gasteiger partial charge in [-0.05, 0) is 55.7 Å². The van der Waals surface area contributed by atoms with E-state index in [0.717, 1.165) is 30.5 Å². The number of nitrogens with zero attached hydrogens (tertiary/aromatic N) is 1. The number of nitrogens with one attached hydrogen (secondary N) is 2. The minimum absolute atomic E-state index is 0.0163. The number of carbonyl (C=O) groups is 1. The van der Waals surface area contributed by atoms with Gasteiger partial charge in [-0.2, -0.15) is 0 Å². The van der Waals surface area contributed by atoms with Crippen LogP contribution in [-0.2, 0) is 4.74 Å². The number of anilines is 1. The molecule has 1 saturated heterocycles. The van der Waals surface area contributed by atoms with Gasteiger partial charge in [0.05, 0.1) is 12.6 Å². The molecular formula is C20H20ClF2N3O2. The Labute approximate surface area is 166 Å². The number of hydrogen-bond acceptors (Lipinski definition) is 3. The maximum absolute atomic E-state index is 13.4. The highest BCUT2D eigenvalue weighted by molar-refractivity contribution is 6.31. The Bertz CT molecular complexity index is 899. The fraction of sp³-hybridized carbons (Fsp3) is 0.300. The Balaban J connectivity index is 1.80. The van der Waals surface area contributed by atoms with Crippen LogP contribution in [0.25, 0.3) is 0 Å². The number of hydrogen-bond donors (Lipinski definition) is 2. The van der Waals surface area contributed by atoms with Gasteiger partial charge in [0.15, 0.2) is 11.6 Å². The lowest BCUT2D eigenvalue weighted by Gasteiger charge is -2.15. The highest BCUT2D eigenvalue weighted by Gasteiger charge is 2.17. The van der Waals surface area contributed by atoms with Gasteiger partial charge in [0.25, 0.3) is 5.91 Å². The Morgan fingerprint density at radius 2 is 2.07 bits per heavy atom. The van der Waals surface area contributed by atoms with Crippen LogP contribution in [0.15, 0.2) is 41.4 Å². The molecule has 1 amide bonds. The van der Waals surface area contributed by atoms with Crippen LogP contribution in [0.1, 0.15) is 28.8 Å². The van der Waals surface area contributed by atoms with Gasteiger partial charge in [0.2, 0.25) is 5.96 Å². The second-order valence-electron chi connectivity index (χ2n) is 6.49. The van der Waals surface area contributed by atoms with Crippen LogP contribution in [0.2, 0.25) is 5.02 Å². The lowest BCUT2D eigenvalue weighted by Crippen LogP contribution is -2.37. The molecule has 0 saturated carbocycles. The average Bonchev–Trinajstić information content (AvgIpc) is 3.18. The number of guanidine groups is 1. The van der Waals surface area contributed by atoms with E-state index in [-0.39, 0.29) is 17.6 Å². The van der Waals surface area contributed by atoms with E-state index in [2.05, 4.69) is 15.6 Å². The van der Waals surface area contributed by atoms with Crippen molar-refractivity contribution in [1.29, 1.82) is 0 Å². The molecule has 8 heteroatoms. The lowest BCUT2D eigenvalue weighted by molar-refractivity contribution is 0.0975. The van der Waals surface area contributed by atoms with Crippen molar-refractivity contribution in [2.45, 2.75) is 25.9 Å². The Morgan fingerprint density at radius 1 is 1.25 bits per heavy atom. The van der Waals surface area contributed by atoms with Gasteiger partial charge < -0.3 is 10.1 Å². The second kappa shape index (κ2) is 9.12. The largest absolute Gasteiger partial charge is 0.376 e. The summed E-state index contributed by atoms with van der Waals surface area (Å²) in [4.78, 5) is 16.9. The Kier molecular flexibility index (Phi) is 6.59. The molecule has 1 fully saturated rings. The highest BCUT2D eigenvalue weighted by atomic mass is 35.5. The van der Waals surface area contributed by atoms with Gasteiger partial charge in [-0.25, -0.2) is 13.8 Å². The summed E-state index contributed by atoms with van der Waals surface area (Å²) in [5, 5.41) is 6.19. The van der Waals surface area contributed by atoms with Gasteiger partial charge in [0, 0.05) is 22.9 Å². The number of carbonyl (C=O) groups excluding carboxylic acids is 1.